The molecule has 5 nitrogen and oxygen atoms in total. The molecule has 0 unspecified atom stereocenters. The maximum absolute atomic E-state index is 11.3. The Bertz CT molecular complexity index is 580. The number of H-pyrrole nitrogens is 1. The fraction of sp³-hybridized carbons (Fsp3) is 0.364. The number of amides is 1. The highest BCUT2D eigenvalue weighted by atomic mass is 35.5. The summed E-state index contributed by atoms with van der Waals surface area (Å²) >= 11 is 6.05. The van der Waals surface area contributed by atoms with Crippen LogP contribution in [-0.2, 0) is 4.79 Å². The van der Waals surface area contributed by atoms with Crippen molar-refractivity contribution in [3.63, 3.8) is 0 Å². The van der Waals surface area contributed by atoms with Gasteiger partial charge in [-0.1, -0.05) is 11.6 Å². The van der Waals surface area contributed by atoms with Gasteiger partial charge in [-0.25, -0.2) is 9.97 Å². The zero-order valence-electron chi connectivity index (χ0n) is 9.03. The molecule has 2 aromatic heterocycles. The van der Waals surface area contributed by atoms with Crippen LogP contribution in [0.4, 0.5) is 0 Å². The van der Waals surface area contributed by atoms with Crippen molar-refractivity contribution in [3.8, 4) is 0 Å². The van der Waals surface area contributed by atoms with E-state index in [0.717, 1.165) is 17.8 Å². The SMILES string of the molecule is O=C1C[C@@H](c2nc3nccc(Cl)c3[nH]2)CCN1. The Morgan fingerprint density at radius 1 is 1.47 bits per heavy atom. The topological polar surface area (TPSA) is 70.7 Å². The number of rotatable bonds is 1. The standard InChI is InChI=1S/C11H11ClN4O/c12-7-2-4-14-11-9(7)15-10(16-11)6-1-3-13-8(17)5-6/h2,4,6H,1,3,5H2,(H,13,17)(H,14,15,16)/t6-/m0/s1. The first-order valence-electron chi connectivity index (χ1n) is 5.51. The lowest BCUT2D eigenvalue weighted by Crippen LogP contribution is -2.32. The summed E-state index contributed by atoms with van der Waals surface area (Å²) in [7, 11) is 0. The molecule has 1 atom stereocenters. The number of nitrogens with zero attached hydrogens (tertiary/aromatic N) is 2. The smallest absolute Gasteiger partial charge is 0.220 e. The molecule has 1 aliphatic rings. The summed E-state index contributed by atoms with van der Waals surface area (Å²) < 4.78 is 0. The number of hydrogen-bond acceptors (Lipinski definition) is 3. The Hall–Kier alpha value is -1.62. The molecule has 0 saturated carbocycles. The molecule has 6 heteroatoms. The molecule has 1 fully saturated rings. The Morgan fingerprint density at radius 3 is 3.12 bits per heavy atom. The zero-order valence-corrected chi connectivity index (χ0v) is 9.79. The van der Waals surface area contributed by atoms with E-state index in [1.54, 1.807) is 12.3 Å². The van der Waals surface area contributed by atoms with Gasteiger partial charge in [0, 0.05) is 25.1 Å². The van der Waals surface area contributed by atoms with Gasteiger partial charge in [0.05, 0.1) is 5.02 Å². The quantitative estimate of drug-likeness (QED) is 0.808. The molecule has 0 radical (unpaired) electrons. The van der Waals surface area contributed by atoms with Crippen LogP contribution in [0.5, 0.6) is 0 Å². The minimum absolute atomic E-state index is 0.0702. The number of hydrogen-bond donors (Lipinski definition) is 2. The van der Waals surface area contributed by atoms with Crippen LogP contribution < -0.4 is 5.32 Å². The van der Waals surface area contributed by atoms with E-state index >= 15 is 0 Å². The van der Waals surface area contributed by atoms with Crippen molar-refractivity contribution < 1.29 is 4.79 Å². The van der Waals surface area contributed by atoms with Crippen LogP contribution in [-0.4, -0.2) is 27.4 Å². The Kier molecular flexibility index (Phi) is 2.48. The van der Waals surface area contributed by atoms with Gasteiger partial charge in [-0.2, -0.15) is 0 Å². The molecule has 2 aromatic rings. The normalized spacial score (nSPS) is 20.5. The first-order valence-corrected chi connectivity index (χ1v) is 5.88. The largest absolute Gasteiger partial charge is 0.356 e. The number of carbonyl (C=O) groups is 1. The molecule has 17 heavy (non-hydrogen) atoms. The Balaban J connectivity index is 2.00. The van der Waals surface area contributed by atoms with Crippen LogP contribution >= 0.6 is 11.6 Å². The Labute approximate surface area is 103 Å². The number of piperidine rings is 1. The molecule has 0 aromatic carbocycles. The van der Waals surface area contributed by atoms with Crippen molar-refractivity contribution in [1.82, 2.24) is 20.3 Å². The van der Waals surface area contributed by atoms with Crippen molar-refractivity contribution in [2.45, 2.75) is 18.8 Å². The summed E-state index contributed by atoms with van der Waals surface area (Å²) in [6.45, 7) is 0.696. The van der Waals surface area contributed by atoms with Crippen LogP contribution in [0.15, 0.2) is 12.3 Å². The first-order chi connectivity index (χ1) is 8.24. The highest BCUT2D eigenvalue weighted by Gasteiger charge is 2.23. The van der Waals surface area contributed by atoms with Crippen LogP contribution in [0, 0.1) is 0 Å². The van der Waals surface area contributed by atoms with Crippen LogP contribution in [0.25, 0.3) is 11.2 Å². The van der Waals surface area contributed by atoms with E-state index in [2.05, 4.69) is 20.3 Å². The summed E-state index contributed by atoms with van der Waals surface area (Å²) in [6.07, 6.45) is 2.99. The minimum atomic E-state index is 0.0702. The molecule has 3 rings (SSSR count). The van der Waals surface area contributed by atoms with Gasteiger partial charge in [-0.3, -0.25) is 4.79 Å². The predicted molar refractivity (Wildman–Crippen MR) is 63.9 cm³/mol. The zero-order chi connectivity index (χ0) is 11.8. The van der Waals surface area contributed by atoms with E-state index in [1.165, 1.54) is 0 Å². The van der Waals surface area contributed by atoms with E-state index in [9.17, 15) is 4.79 Å². The Morgan fingerprint density at radius 2 is 2.35 bits per heavy atom. The number of nitrogens with one attached hydrogen (secondary N) is 2. The number of imidazole rings is 1. The second-order valence-corrected chi connectivity index (χ2v) is 4.56. The predicted octanol–water partition coefficient (Wildman–Crippen LogP) is 1.60. The van der Waals surface area contributed by atoms with E-state index in [0.29, 0.717) is 23.6 Å². The third-order valence-electron chi connectivity index (χ3n) is 2.99. The van der Waals surface area contributed by atoms with Crippen molar-refractivity contribution in [2.75, 3.05) is 6.54 Å². The van der Waals surface area contributed by atoms with Crippen molar-refractivity contribution >= 4 is 28.7 Å². The molecule has 2 N–H and O–H groups in total. The molecule has 1 amide bonds. The number of halogens is 1. The summed E-state index contributed by atoms with van der Waals surface area (Å²) in [5.41, 5.74) is 1.36. The second kappa shape index (κ2) is 4.00. The highest BCUT2D eigenvalue weighted by Crippen LogP contribution is 2.27. The minimum Gasteiger partial charge on any atom is -0.356 e. The van der Waals surface area contributed by atoms with Crippen molar-refractivity contribution in [1.29, 1.82) is 0 Å². The van der Waals surface area contributed by atoms with Crippen molar-refractivity contribution in [3.05, 3.63) is 23.1 Å². The number of aromatic nitrogens is 3. The molecule has 3 heterocycles. The van der Waals surface area contributed by atoms with E-state index in [4.69, 9.17) is 11.6 Å². The lowest BCUT2D eigenvalue weighted by Gasteiger charge is -2.19. The third kappa shape index (κ3) is 1.86. The van der Waals surface area contributed by atoms with Gasteiger partial charge in [-0.15, -0.1) is 0 Å². The van der Waals surface area contributed by atoms with E-state index in [1.807, 2.05) is 0 Å². The number of aromatic amines is 1. The summed E-state index contributed by atoms with van der Waals surface area (Å²) in [4.78, 5) is 23.1. The van der Waals surface area contributed by atoms with Gasteiger partial charge >= 0.3 is 0 Å². The lowest BCUT2D eigenvalue weighted by atomic mass is 9.97. The third-order valence-corrected chi connectivity index (χ3v) is 3.31. The first kappa shape index (κ1) is 10.5. The summed E-state index contributed by atoms with van der Waals surface area (Å²) in [5, 5.41) is 3.41. The van der Waals surface area contributed by atoms with Gasteiger partial charge in [0.1, 0.15) is 11.3 Å². The van der Waals surface area contributed by atoms with Crippen LogP contribution in [0.1, 0.15) is 24.6 Å². The van der Waals surface area contributed by atoms with Crippen LogP contribution in [0.2, 0.25) is 5.02 Å². The molecular weight excluding hydrogens is 240 g/mol. The maximum Gasteiger partial charge on any atom is 0.220 e. The van der Waals surface area contributed by atoms with Gasteiger partial charge in [0.2, 0.25) is 5.91 Å². The molecule has 0 aliphatic carbocycles. The monoisotopic (exact) mass is 250 g/mol. The summed E-state index contributed by atoms with van der Waals surface area (Å²) in [5.74, 6) is 1.00. The number of carbonyl (C=O) groups excluding carboxylic acids is 1. The van der Waals surface area contributed by atoms with E-state index < -0.39 is 0 Å². The second-order valence-electron chi connectivity index (χ2n) is 4.15. The van der Waals surface area contributed by atoms with Crippen molar-refractivity contribution in [2.24, 2.45) is 0 Å². The highest BCUT2D eigenvalue weighted by molar-refractivity contribution is 6.34. The average Bonchev–Trinajstić information content (AvgIpc) is 2.74. The summed E-state index contributed by atoms with van der Waals surface area (Å²) in [6, 6.07) is 1.72. The lowest BCUT2D eigenvalue weighted by molar-refractivity contribution is -0.122. The fourth-order valence-electron chi connectivity index (χ4n) is 2.11. The molecule has 88 valence electrons. The number of fused-ring (bicyclic) bond motifs is 1. The molecule has 1 saturated heterocycles. The average molecular weight is 251 g/mol. The van der Waals surface area contributed by atoms with Gasteiger partial charge in [0.15, 0.2) is 5.65 Å². The van der Waals surface area contributed by atoms with Gasteiger partial charge < -0.3 is 10.3 Å². The maximum atomic E-state index is 11.3. The molecule has 0 spiro atoms. The van der Waals surface area contributed by atoms with E-state index in [-0.39, 0.29) is 11.8 Å². The van der Waals surface area contributed by atoms with Crippen LogP contribution in [0.3, 0.4) is 0 Å². The van der Waals surface area contributed by atoms with Gasteiger partial charge in [-0.05, 0) is 12.5 Å². The van der Waals surface area contributed by atoms with Gasteiger partial charge in [0.25, 0.3) is 0 Å². The number of pyridine rings is 1. The molecular formula is C11H11ClN4O. The molecule has 0 bridgehead atoms. The molecule has 1 aliphatic heterocycles. The fourth-order valence-corrected chi connectivity index (χ4v) is 2.30.